The van der Waals surface area contributed by atoms with Crippen molar-refractivity contribution in [2.24, 2.45) is 12.8 Å². The summed E-state index contributed by atoms with van der Waals surface area (Å²) in [5.74, 6) is -3.11. The summed E-state index contributed by atoms with van der Waals surface area (Å²) in [5, 5.41) is 12.9. The lowest BCUT2D eigenvalue weighted by Crippen LogP contribution is -2.20. The number of oxazole rings is 1. The number of halogens is 2. The van der Waals surface area contributed by atoms with E-state index in [2.05, 4.69) is 15.3 Å². The summed E-state index contributed by atoms with van der Waals surface area (Å²) < 4.78 is 22.5. The molecule has 5 rings (SSSR count). The second-order valence-corrected chi connectivity index (χ2v) is 8.74. The Balaban J connectivity index is 1.57. The lowest BCUT2D eigenvalue weighted by Gasteiger charge is -2.08. The minimum atomic E-state index is -1.10. The maximum atomic E-state index is 14.4. The number of carbonyl (C=O) groups is 2. The highest BCUT2D eigenvalue weighted by Crippen LogP contribution is 2.33. The van der Waals surface area contributed by atoms with Crippen LogP contribution in [0.3, 0.4) is 0 Å². The Bertz CT molecular complexity index is 1820. The van der Waals surface area contributed by atoms with Crippen LogP contribution in [0.25, 0.3) is 33.3 Å². The highest BCUT2D eigenvalue weighted by Gasteiger charge is 2.22. The number of rotatable bonds is 5. The molecule has 0 bridgehead atoms. The number of aromatic hydroxyl groups is 1. The van der Waals surface area contributed by atoms with Crippen molar-refractivity contribution in [3.8, 4) is 16.9 Å². The van der Waals surface area contributed by atoms with E-state index in [9.17, 15) is 23.9 Å². The van der Waals surface area contributed by atoms with Crippen LogP contribution in [-0.2, 0) is 18.4 Å². The van der Waals surface area contributed by atoms with Crippen molar-refractivity contribution in [1.29, 1.82) is 0 Å². The summed E-state index contributed by atoms with van der Waals surface area (Å²) in [6.07, 6.45) is 2.71. The summed E-state index contributed by atoms with van der Waals surface area (Å²) in [4.78, 5) is 46.1. The molecule has 0 aliphatic rings. The number of hydrogen-bond donors (Lipinski definition) is 3. The van der Waals surface area contributed by atoms with Crippen LogP contribution < -0.4 is 16.6 Å². The molecule has 188 valence electrons. The Labute approximate surface area is 211 Å². The Hall–Kier alpha value is -4.71. The molecular formula is C24H18ClFN6O5. The van der Waals surface area contributed by atoms with Gasteiger partial charge in [0.25, 0.3) is 11.5 Å². The van der Waals surface area contributed by atoms with E-state index in [-0.39, 0.29) is 33.7 Å². The van der Waals surface area contributed by atoms with E-state index in [0.29, 0.717) is 22.7 Å². The van der Waals surface area contributed by atoms with Gasteiger partial charge < -0.3 is 29.7 Å². The fraction of sp³-hybridized carbons (Fsp3) is 0.125. The van der Waals surface area contributed by atoms with E-state index in [1.807, 2.05) is 0 Å². The third-order valence-electron chi connectivity index (χ3n) is 5.75. The lowest BCUT2D eigenvalue weighted by atomic mass is 10.0. The van der Waals surface area contributed by atoms with Gasteiger partial charge in [0.15, 0.2) is 23.0 Å². The molecule has 13 heteroatoms. The van der Waals surface area contributed by atoms with E-state index in [1.165, 1.54) is 34.8 Å². The fourth-order valence-electron chi connectivity index (χ4n) is 4.05. The molecule has 0 aliphatic heterocycles. The van der Waals surface area contributed by atoms with Crippen molar-refractivity contribution < 1.29 is 23.5 Å². The zero-order valence-corrected chi connectivity index (χ0v) is 20.1. The number of nitrogens with zero attached hydrogens (tertiary/aromatic N) is 4. The number of aryl methyl sites for hydroxylation is 2. The third kappa shape index (κ3) is 4.16. The zero-order chi connectivity index (χ0) is 26.6. The molecule has 2 amide bonds. The Kier molecular flexibility index (Phi) is 5.67. The average Bonchev–Trinajstić information content (AvgIpc) is 3.37. The molecule has 0 saturated heterocycles. The quantitative estimate of drug-likeness (QED) is 0.318. The highest BCUT2D eigenvalue weighted by molar-refractivity contribution is 6.34. The Morgan fingerprint density at radius 2 is 2.03 bits per heavy atom. The van der Waals surface area contributed by atoms with Gasteiger partial charge in [-0.05, 0) is 23.8 Å². The zero-order valence-electron chi connectivity index (χ0n) is 19.4. The molecular weight excluding hydrogens is 507 g/mol. The van der Waals surface area contributed by atoms with Crippen LogP contribution in [0.5, 0.6) is 5.75 Å². The minimum Gasteiger partial charge on any atom is -0.504 e. The number of hydrogen-bond acceptors (Lipinski definition) is 7. The number of nitrogens with one attached hydrogen (secondary N) is 1. The van der Waals surface area contributed by atoms with Crippen LogP contribution in [0.4, 0.5) is 10.1 Å². The number of phenols is 1. The SMILES string of the molecule is Cc1nc2cc(Cl)c(NC(=O)Cn3cc(-c4cc(F)c(O)c(C(N)=O)c4)c4c(=O)n(C)cnc43)cc2o1. The van der Waals surface area contributed by atoms with Gasteiger partial charge in [-0.1, -0.05) is 11.6 Å². The van der Waals surface area contributed by atoms with Crippen LogP contribution in [-0.4, -0.2) is 36.0 Å². The molecule has 3 aromatic heterocycles. The standard InChI is InChI=1S/C24H18ClFN6O5/c1-10-29-17-5-14(25)16(6-18(17)37-10)30-19(33)8-32-7-13(20-23(32)28-9-31(2)24(20)36)11-3-12(22(27)35)21(34)15(26)4-11/h3-7,9,34H,8H2,1-2H3,(H2,27,35)(H,30,33). The molecule has 11 nitrogen and oxygen atoms in total. The van der Waals surface area contributed by atoms with E-state index >= 15 is 0 Å². The normalized spacial score (nSPS) is 11.4. The predicted molar refractivity (Wildman–Crippen MR) is 133 cm³/mol. The highest BCUT2D eigenvalue weighted by atomic mass is 35.5. The van der Waals surface area contributed by atoms with Crippen LogP contribution in [0.15, 0.2) is 46.0 Å². The number of aromatic nitrogens is 4. The van der Waals surface area contributed by atoms with Gasteiger partial charge in [0.1, 0.15) is 17.7 Å². The summed E-state index contributed by atoms with van der Waals surface area (Å²) in [6.45, 7) is 1.40. The third-order valence-corrected chi connectivity index (χ3v) is 6.06. The van der Waals surface area contributed by atoms with Gasteiger partial charge in [0.05, 0.1) is 28.0 Å². The first kappa shape index (κ1) is 24.0. The molecule has 0 aliphatic carbocycles. The monoisotopic (exact) mass is 524 g/mol. The second kappa shape index (κ2) is 8.75. The summed E-state index contributed by atoms with van der Waals surface area (Å²) in [7, 11) is 1.48. The molecule has 4 N–H and O–H groups in total. The molecule has 3 heterocycles. The molecule has 0 spiro atoms. The molecule has 0 saturated carbocycles. The van der Waals surface area contributed by atoms with Gasteiger partial charge in [-0.25, -0.2) is 14.4 Å². The molecule has 2 aromatic carbocycles. The van der Waals surface area contributed by atoms with Gasteiger partial charge in [0.2, 0.25) is 5.91 Å². The smallest absolute Gasteiger partial charge is 0.263 e. The van der Waals surface area contributed by atoms with E-state index in [4.69, 9.17) is 21.8 Å². The first-order chi connectivity index (χ1) is 17.5. The predicted octanol–water partition coefficient (Wildman–Crippen LogP) is 3.09. The van der Waals surface area contributed by atoms with E-state index in [1.54, 1.807) is 19.1 Å². The van der Waals surface area contributed by atoms with Gasteiger partial charge in [0, 0.05) is 31.8 Å². The van der Waals surface area contributed by atoms with Crippen LogP contribution in [0.2, 0.25) is 5.02 Å². The number of fused-ring (bicyclic) bond motifs is 2. The Morgan fingerprint density at radius 1 is 1.27 bits per heavy atom. The lowest BCUT2D eigenvalue weighted by molar-refractivity contribution is -0.116. The first-order valence-electron chi connectivity index (χ1n) is 10.8. The van der Waals surface area contributed by atoms with Crippen LogP contribution >= 0.6 is 11.6 Å². The maximum Gasteiger partial charge on any atom is 0.263 e. The largest absolute Gasteiger partial charge is 0.504 e. The average molecular weight is 525 g/mol. The fourth-order valence-corrected chi connectivity index (χ4v) is 4.26. The first-order valence-corrected chi connectivity index (χ1v) is 11.1. The molecule has 0 fully saturated rings. The number of nitrogens with two attached hydrogens (primary N) is 1. The second-order valence-electron chi connectivity index (χ2n) is 8.33. The summed E-state index contributed by atoms with van der Waals surface area (Å²) in [5.41, 5.74) is 6.04. The molecule has 37 heavy (non-hydrogen) atoms. The van der Waals surface area contributed by atoms with Gasteiger partial charge in [-0.3, -0.25) is 14.4 Å². The van der Waals surface area contributed by atoms with Crippen molar-refractivity contribution in [2.45, 2.75) is 13.5 Å². The topological polar surface area (TPSA) is 158 Å². The molecule has 5 aromatic rings. The van der Waals surface area contributed by atoms with E-state index < -0.39 is 34.5 Å². The number of anilines is 1. The van der Waals surface area contributed by atoms with Crippen molar-refractivity contribution >= 4 is 51.2 Å². The number of carbonyl (C=O) groups excluding carboxylic acids is 2. The van der Waals surface area contributed by atoms with Crippen LogP contribution in [0, 0.1) is 12.7 Å². The van der Waals surface area contributed by atoms with Crippen molar-refractivity contribution in [2.75, 3.05) is 5.32 Å². The van der Waals surface area contributed by atoms with Crippen molar-refractivity contribution in [1.82, 2.24) is 19.1 Å². The van der Waals surface area contributed by atoms with E-state index in [0.717, 1.165) is 6.07 Å². The maximum absolute atomic E-state index is 14.4. The Morgan fingerprint density at radius 3 is 2.76 bits per heavy atom. The number of amides is 2. The van der Waals surface area contributed by atoms with Gasteiger partial charge >= 0.3 is 0 Å². The van der Waals surface area contributed by atoms with Crippen molar-refractivity contribution in [3.05, 3.63) is 69.4 Å². The summed E-state index contributed by atoms with van der Waals surface area (Å²) in [6, 6.07) is 5.24. The summed E-state index contributed by atoms with van der Waals surface area (Å²) >= 11 is 6.29. The molecule has 0 unspecified atom stereocenters. The number of benzene rings is 2. The number of primary amides is 1. The van der Waals surface area contributed by atoms with Gasteiger partial charge in [-0.15, -0.1) is 0 Å². The molecule has 0 radical (unpaired) electrons. The molecule has 0 atom stereocenters. The van der Waals surface area contributed by atoms with Crippen molar-refractivity contribution in [3.63, 3.8) is 0 Å². The van der Waals surface area contributed by atoms with Crippen LogP contribution in [0.1, 0.15) is 16.2 Å². The minimum absolute atomic E-state index is 0.0786. The van der Waals surface area contributed by atoms with Gasteiger partial charge in [-0.2, -0.15) is 0 Å².